The van der Waals surface area contributed by atoms with E-state index < -0.39 is 5.60 Å². The number of hydrogen-bond acceptors (Lipinski definition) is 4. The van der Waals surface area contributed by atoms with E-state index in [-0.39, 0.29) is 0 Å². The second kappa shape index (κ2) is 6.14. The summed E-state index contributed by atoms with van der Waals surface area (Å²) in [6.07, 6.45) is 8.95. The summed E-state index contributed by atoms with van der Waals surface area (Å²) in [5.41, 5.74) is 0.513. The molecule has 1 heterocycles. The molecule has 0 atom stereocenters. The molecule has 2 rings (SSSR count). The van der Waals surface area contributed by atoms with Crippen LogP contribution in [0.1, 0.15) is 51.1 Å². The predicted octanol–water partition coefficient (Wildman–Crippen LogP) is 2.54. The van der Waals surface area contributed by atoms with Crippen molar-refractivity contribution in [3.05, 3.63) is 18.1 Å². The minimum absolute atomic E-state index is 0.548. The first-order valence-electron chi connectivity index (χ1n) is 6.99. The van der Waals surface area contributed by atoms with E-state index in [0.717, 1.165) is 50.0 Å². The molecule has 1 fully saturated rings. The molecule has 1 aliphatic carbocycles. The molecular weight excluding hydrogens is 226 g/mol. The first-order chi connectivity index (χ1) is 8.72. The number of hydrogen-bond donors (Lipinski definition) is 2. The van der Waals surface area contributed by atoms with Crippen LogP contribution in [0.3, 0.4) is 0 Å². The zero-order valence-corrected chi connectivity index (χ0v) is 11.2. The van der Waals surface area contributed by atoms with Gasteiger partial charge >= 0.3 is 0 Å². The third-order valence-corrected chi connectivity index (χ3v) is 3.61. The van der Waals surface area contributed by atoms with Gasteiger partial charge in [-0.2, -0.15) is 0 Å². The fourth-order valence-corrected chi connectivity index (χ4v) is 2.53. The standard InChI is InChI=1S/C14H23N3O/c1-2-6-12-9-13(17-11-16-12)15-10-14(18)7-4-3-5-8-14/h9,11,18H,2-8,10H2,1H3,(H,15,16,17). The predicted molar refractivity (Wildman–Crippen MR) is 72.6 cm³/mol. The smallest absolute Gasteiger partial charge is 0.129 e. The number of aryl methyl sites for hydroxylation is 1. The van der Waals surface area contributed by atoms with E-state index in [9.17, 15) is 5.11 Å². The second-order valence-corrected chi connectivity index (χ2v) is 5.28. The molecule has 1 aliphatic rings. The lowest BCUT2D eigenvalue weighted by molar-refractivity contribution is 0.0166. The Balaban J connectivity index is 1.90. The van der Waals surface area contributed by atoms with Gasteiger partial charge in [0.1, 0.15) is 12.1 Å². The molecular formula is C14H23N3O. The second-order valence-electron chi connectivity index (χ2n) is 5.28. The third-order valence-electron chi connectivity index (χ3n) is 3.61. The van der Waals surface area contributed by atoms with Crippen LogP contribution in [0.15, 0.2) is 12.4 Å². The Hall–Kier alpha value is -1.16. The maximum Gasteiger partial charge on any atom is 0.129 e. The van der Waals surface area contributed by atoms with Crippen LogP contribution in [0.5, 0.6) is 0 Å². The van der Waals surface area contributed by atoms with Crippen molar-refractivity contribution >= 4 is 5.82 Å². The zero-order chi connectivity index (χ0) is 12.8. The molecule has 0 unspecified atom stereocenters. The fourth-order valence-electron chi connectivity index (χ4n) is 2.53. The Bertz CT molecular complexity index is 375. The Morgan fingerprint density at radius 2 is 2.06 bits per heavy atom. The number of anilines is 1. The normalized spacial score (nSPS) is 18.6. The van der Waals surface area contributed by atoms with E-state index >= 15 is 0 Å². The Kier molecular flexibility index (Phi) is 4.53. The molecule has 0 saturated heterocycles. The summed E-state index contributed by atoms with van der Waals surface area (Å²) in [6, 6.07) is 1.98. The highest BCUT2D eigenvalue weighted by Crippen LogP contribution is 2.28. The van der Waals surface area contributed by atoms with Gasteiger partial charge in [0.25, 0.3) is 0 Å². The van der Waals surface area contributed by atoms with Gasteiger partial charge in [0.05, 0.1) is 5.60 Å². The molecule has 2 N–H and O–H groups in total. The van der Waals surface area contributed by atoms with E-state index in [1.54, 1.807) is 6.33 Å². The van der Waals surface area contributed by atoms with Crippen molar-refractivity contribution in [3.8, 4) is 0 Å². The minimum Gasteiger partial charge on any atom is -0.388 e. The Morgan fingerprint density at radius 1 is 1.28 bits per heavy atom. The molecule has 0 bridgehead atoms. The summed E-state index contributed by atoms with van der Waals surface area (Å²) in [4.78, 5) is 8.43. The topological polar surface area (TPSA) is 58.0 Å². The van der Waals surface area contributed by atoms with E-state index in [1.807, 2.05) is 6.07 Å². The summed E-state index contributed by atoms with van der Waals surface area (Å²) in [6.45, 7) is 2.73. The van der Waals surface area contributed by atoms with Crippen molar-refractivity contribution in [1.29, 1.82) is 0 Å². The molecule has 100 valence electrons. The van der Waals surface area contributed by atoms with Crippen LogP contribution < -0.4 is 5.32 Å². The van der Waals surface area contributed by atoms with Gasteiger partial charge in [0, 0.05) is 18.3 Å². The number of aromatic nitrogens is 2. The molecule has 0 radical (unpaired) electrons. The van der Waals surface area contributed by atoms with Crippen LogP contribution in [0.2, 0.25) is 0 Å². The van der Waals surface area contributed by atoms with E-state index in [2.05, 4.69) is 22.2 Å². The average molecular weight is 249 g/mol. The molecule has 1 saturated carbocycles. The summed E-state index contributed by atoms with van der Waals surface area (Å²) in [5.74, 6) is 0.826. The molecule has 0 aliphatic heterocycles. The van der Waals surface area contributed by atoms with Crippen LogP contribution in [-0.2, 0) is 6.42 Å². The van der Waals surface area contributed by atoms with Crippen molar-refractivity contribution in [2.75, 3.05) is 11.9 Å². The molecule has 0 amide bonds. The Morgan fingerprint density at radius 3 is 2.78 bits per heavy atom. The van der Waals surface area contributed by atoms with Crippen molar-refractivity contribution in [2.45, 2.75) is 57.5 Å². The minimum atomic E-state index is -0.548. The summed E-state index contributed by atoms with van der Waals surface area (Å²) >= 11 is 0. The summed E-state index contributed by atoms with van der Waals surface area (Å²) < 4.78 is 0. The first-order valence-corrected chi connectivity index (χ1v) is 6.99. The van der Waals surface area contributed by atoms with E-state index in [4.69, 9.17) is 0 Å². The molecule has 0 aromatic carbocycles. The first kappa shape index (κ1) is 13.3. The van der Waals surface area contributed by atoms with Gasteiger partial charge in [-0.15, -0.1) is 0 Å². The zero-order valence-electron chi connectivity index (χ0n) is 11.2. The number of nitrogens with one attached hydrogen (secondary N) is 1. The monoisotopic (exact) mass is 249 g/mol. The SMILES string of the molecule is CCCc1cc(NCC2(O)CCCCC2)ncn1. The maximum atomic E-state index is 10.4. The van der Waals surface area contributed by atoms with Gasteiger partial charge in [-0.05, 0) is 19.3 Å². The lowest BCUT2D eigenvalue weighted by Gasteiger charge is -2.32. The van der Waals surface area contributed by atoms with Crippen LogP contribution >= 0.6 is 0 Å². The summed E-state index contributed by atoms with van der Waals surface area (Å²) in [5, 5.41) is 13.7. The highest BCUT2D eigenvalue weighted by molar-refractivity contribution is 5.35. The molecule has 1 aromatic rings. The van der Waals surface area contributed by atoms with Crippen LogP contribution in [-0.4, -0.2) is 27.2 Å². The lowest BCUT2D eigenvalue weighted by atomic mass is 9.85. The van der Waals surface area contributed by atoms with Gasteiger partial charge in [-0.25, -0.2) is 9.97 Å². The molecule has 4 heteroatoms. The van der Waals surface area contributed by atoms with Crippen molar-refractivity contribution in [3.63, 3.8) is 0 Å². The van der Waals surface area contributed by atoms with Gasteiger partial charge in [-0.1, -0.05) is 32.6 Å². The van der Waals surface area contributed by atoms with E-state index in [0.29, 0.717) is 6.54 Å². The van der Waals surface area contributed by atoms with Crippen LogP contribution in [0, 0.1) is 0 Å². The number of nitrogens with zero attached hydrogens (tertiary/aromatic N) is 2. The maximum absolute atomic E-state index is 10.4. The number of rotatable bonds is 5. The highest BCUT2D eigenvalue weighted by atomic mass is 16.3. The average Bonchev–Trinajstić information content (AvgIpc) is 2.38. The molecule has 0 spiro atoms. The largest absolute Gasteiger partial charge is 0.388 e. The highest BCUT2D eigenvalue weighted by Gasteiger charge is 2.28. The third kappa shape index (κ3) is 3.67. The van der Waals surface area contributed by atoms with Crippen LogP contribution in [0.4, 0.5) is 5.82 Å². The molecule has 18 heavy (non-hydrogen) atoms. The van der Waals surface area contributed by atoms with E-state index in [1.165, 1.54) is 6.42 Å². The molecule has 4 nitrogen and oxygen atoms in total. The lowest BCUT2D eigenvalue weighted by Crippen LogP contribution is -2.38. The van der Waals surface area contributed by atoms with Crippen molar-refractivity contribution in [2.24, 2.45) is 0 Å². The fraction of sp³-hybridized carbons (Fsp3) is 0.714. The van der Waals surface area contributed by atoms with Gasteiger partial charge < -0.3 is 10.4 Å². The van der Waals surface area contributed by atoms with Crippen molar-refractivity contribution in [1.82, 2.24) is 9.97 Å². The van der Waals surface area contributed by atoms with Crippen molar-refractivity contribution < 1.29 is 5.11 Å². The van der Waals surface area contributed by atoms with Gasteiger partial charge in [0.2, 0.25) is 0 Å². The quantitative estimate of drug-likeness (QED) is 0.842. The van der Waals surface area contributed by atoms with Gasteiger partial charge in [-0.3, -0.25) is 0 Å². The van der Waals surface area contributed by atoms with Gasteiger partial charge in [0.15, 0.2) is 0 Å². The molecule has 1 aromatic heterocycles. The summed E-state index contributed by atoms with van der Waals surface area (Å²) in [7, 11) is 0. The number of aliphatic hydroxyl groups is 1. The van der Waals surface area contributed by atoms with Crippen LogP contribution in [0.25, 0.3) is 0 Å². The Labute approximate surface area is 109 Å².